The minimum absolute atomic E-state index is 0.0329. The first kappa shape index (κ1) is 13.5. The smallest absolute Gasteiger partial charge is 0.227 e. The van der Waals surface area contributed by atoms with Gasteiger partial charge < -0.3 is 4.90 Å². The van der Waals surface area contributed by atoms with E-state index in [1.54, 1.807) is 4.90 Å². The Kier molecular flexibility index (Phi) is 3.05. The molecule has 0 unspecified atom stereocenters. The summed E-state index contributed by atoms with van der Waals surface area (Å²) in [6.07, 6.45) is 1.10. The van der Waals surface area contributed by atoms with Crippen LogP contribution in [0.25, 0.3) is 11.1 Å². The number of fused-ring (bicyclic) bond motifs is 3. The molecule has 2 aromatic rings. The highest BCUT2D eigenvalue weighted by molar-refractivity contribution is 6.64. The van der Waals surface area contributed by atoms with Gasteiger partial charge in [0.15, 0.2) is 0 Å². The quantitative estimate of drug-likeness (QED) is 0.680. The van der Waals surface area contributed by atoms with Gasteiger partial charge in [-0.25, -0.2) is 0 Å². The second-order valence-corrected chi connectivity index (χ2v) is 6.26. The molecule has 0 radical (unpaired) electrons. The van der Waals surface area contributed by atoms with Gasteiger partial charge >= 0.3 is 0 Å². The molecule has 3 nitrogen and oxygen atoms in total. The van der Waals surface area contributed by atoms with Gasteiger partial charge in [0.1, 0.15) is 0 Å². The number of rotatable bonds is 2. The van der Waals surface area contributed by atoms with E-state index in [1.165, 1.54) is 22.3 Å². The molecule has 2 aliphatic rings. The second kappa shape index (κ2) is 4.96. The summed E-state index contributed by atoms with van der Waals surface area (Å²) in [5.41, 5.74) is 5.90. The van der Waals surface area contributed by atoms with Gasteiger partial charge in [0.05, 0.1) is 5.92 Å². The number of amides is 1. The van der Waals surface area contributed by atoms with Crippen LogP contribution in [0.1, 0.15) is 17.5 Å². The molecule has 1 atom stereocenters. The van der Waals surface area contributed by atoms with Crippen molar-refractivity contribution in [1.82, 2.24) is 0 Å². The number of hydrogen-bond donors (Lipinski definition) is 0. The minimum Gasteiger partial charge on any atom is -0.312 e. The first-order valence-corrected chi connectivity index (χ1v) is 7.72. The zero-order valence-corrected chi connectivity index (χ0v) is 12.6. The molecule has 0 saturated carbocycles. The fourth-order valence-corrected chi connectivity index (χ4v) is 3.55. The number of anilines is 1. The molecule has 4 rings (SSSR count). The van der Waals surface area contributed by atoms with Gasteiger partial charge in [0, 0.05) is 18.7 Å². The van der Waals surface area contributed by atoms with Crippen LogP contribution in [0.15, 0.2) is 42.5 Å². The summed E-state index contributed by atoms with van der Waals surface area (Å²) in [5.74, 6) is -0.422. The van der Waals surface area contributed by atoms with E-state index in [0.29, 0.717) is 6.54 Å². The molecule has 1 heterocycles. The summed E-state index contributed by atoms with van der Waals surface area (Å²) in [5, 5.41) is -0.426. The lowest BCUT2D eigenvalue weighted by Gasteiger charge is -2.17. The predicted octanol–water partition coefficient (Wildman–Crippen LogP) is 3.38. The highest BCUT2D eigenvalue weighted by atomic mass is 35.5. The molecule has 1 fully saturated rings. The van der Waals surface area contributed by atoms with Crippen LogP contribution in [0, 0.1) is 5.92 Å². The van der Waals surface area contributed by atoms with Gasteiger partial charge in [-0.05, 0) is 52.4 Å². The van der Waals surface area contributed by atoms with E-state index < -0.39 is 5.24 Å². The van der Waals surface area contributed by atoms with E-state index in [0.717, 1.165) is 12.1 Å². The molecule has 1 saturated heterocycles. The number of carbonyl (C=O) groups is 2. The van der Waals surface area contributed by atoms with E-state index in [2.05, 4.69) is 24.3 Å². The lowest BCUT2D eigenvalue weighted by Crippen LogP contribution is -2.25. The van der Waals surface area contributed by atoms with Crippen molar-refractivity contribution in [2.75, 3.05) is 11.4 Å². The molecular formula is C18H14ClNO2. The Morgan fingerprint density at radius 3 is 2.64 bits per heavy atom. The normalized spacial score (nSPS) is 19.2. The highest BCUT2D eigenvalue weighted by Gasteiger charge is 2.34. The van der Waals surface area contributed by atoms with Crippen LogP contribution >= 0.6 is 11.6 Å². The predicted molar refractivity (Wildman–Crippen MR) is 86.0 cm³/mol. The van der Waals surface area contributed by atoms with Gasteiger partial charge in [0.25, 0.3) is 0 Å². The maximum absolute atomic E-state index is 12.1. The Labute approximate surface area is 133 Å². The van der Waals surface area contributed by atoms with Crippen molar-refractivity contribution in [3.8, 4) is 11.1 Å². The Bertz CT molecular complexity index is 799. The van der Waals surface area contributed by atoms with Crippen molar-refractivity contribution < 1.29 is 9.59 Å². The summed E-state index contributed by atoms with van der Waals surface area (Å²) < 4.78 is 0. The number of nitrogens with zero attached hydrogens (tertiary/aromatic N) is 1. The van der Waals surface area contributed by atoms with E-state index >= 15 is 0 Å². The number of carbonyl (C=O) groups excluding carboxylic acids is 2. The second-order valence-electron chi connectivity index (χ2n) is 5.88. The topological polar surface area (TPSA) is 37.4 Å². The number of benzene rings is 2. The lowest BCUT2D eigenvalue weighted by molar-refractivity contribution is -0.120. The Morgan fingerprint density at radius 1 is 1.09 bits per heavy atom. The molecule has 0 aromatic heterocycles. The van der Waals surface area contributed by atoms with Gasteiger partial charge in [0.2, 0.25) is 11.1 Å². The van der Waals surface area contributed by atoms with E-state index in [-0.39, 0.29) is 18.2 Å². The molecule has 0 bridgehead atoms. The van der Waals surface area contributed by atoms with Crippen molar-refractivity contribution in [3.05, 3.63) is 53.6 Å². The highest BCUT2D eigenvalue weighted by Crippen LogP contribution is 2.39. The standard InChI is InChI=1S/C18H14ClNO2/c19-18(22)13-9-17(21)20(10-13)14-5-6-16-12(8-14)7-11-3-1-2-4-15(11)16/h1-6,8,13H,7,9-10H2/t13-/m0/s1. The molecule has 4 heteroatoms. The van der Waals surface area contributed by atoms with Crippen LogP contribution < -0.4 is 4.90 Å². The van der Waals surface area contributed by atoms with Crippen molar-refractivity contribution in [2.45, 2.75) is 12.8 Å². The Morgan fingerprint density at radius 2 is 1.86 bits per heavy atom. The van der Waals surface area contributed by atoms with Gasteiger partial charge in [-0.1, -0.05) is 30.3 Å². The van der Waals surface area contributed by atoms with Crippen molar-refractivity contribution in [1.29, 1.82) is 0 Å². The fourth-order valence-electron chi connectivity index (χ4n) is 3.41. The van der Waals surface area contributed by atoms with Crippen molar-refractivity contribution in [3.63, 3.8) is 0 Å². The molecule has 1 amide bonds. The van der Waals surface area contributed by atoms with Crippen molar-refractivity contribution >= 4 is 28.4 Å². The number of halogens is 1. The Balaban J connectivity index is 1.68. The van der Waals surface area contributed by atoms with Crippen LogP contribution in [0.4, 0.5) is 5.69 Å². The monoisotopic (exact) mass is 311 g/mol. The van der Waals surface area contributed by atoms with Gasteiger partial charge in [-0.15, -0.1) is 0 Å². The maximum atomic E-state index is 12.1. The van der Waals surface area contributed by atoms with E-state index in [9.17, 15) is 9.59 Å². The van der Waals surface area contributed by atoms with Crippen LogP contribution in [-0.4, -0.2) is 17.7 Å². The van der Waals surface area contributed by atoms with E-state index in [1.807, 2.05) is 18.2 Å². The summed E-state index contributed by atoms with van der Waals surface area (Å²) in [4.78, 5) is 25.1. The summed E-state index contributed by atoms with van der Waals surface area (Å²) in [6.45, 7) is 0.382. The molecule has 2 aromatic carbocycles. The summed E-state index contributed by atoms with van der Waals surface area (Å²) in [6, 6.07) is 14.4. The first-order chi connectivity index (χ1) is 10.6. The Hall–Kier alpha value is -2.13. The zero-order valence-electron chi connectivity index (χ0n) is 11.9. The van der Waals surface area contributed by atoms with Crippen LogP contribution in [-0.2, 0) is 16.0 Å². The SMILES string of the molecule is O=C(Cl)[C@H]1CC(=O)N(c2ccc3c(c2)Cc2ccccc2-3)C1. The molecule has 1 aliphatic carbocycles. The third-order valence-electron chi connectivity index (χ3n) is 4.53. The van der Waals surface area contributed by atoms with Crippen LogP contribution in [0.5, 0.6) is 0 Å². The average molecular weight is 312 g/mol. The van der Waals surface area contributed by atoms with Crippen LogP contribution in [0.3, 0.4) is 0 Å². The molecule has 0 spiro atoms. The molecule has 22 heavy (non-hydrogen) atoms. The van der Waals surface area contributed by atoms with Crippen LogP contribution in [0.2, 0.25) is 0 Å². The molecular weight excluding hydrogens is 298 g/mol. The molecule has 110 valence electrons. The minimum atomic E-state index is -0.426. The molecule has 0 N–H and O–H groups in total. The van der Waals surface area contributed by atoms with E-state index in [4.69, 9.17) is 11.6 Å². The third-order valence-corrected chi connectivity index (χ3v) is 4.84. The first-order valence-electron chi connectivity index (χ1n) is 7.34. The fraction of sp³-hybridized carbons (Fsp3) is 0.222. The third kappa shape index (κ3) is 2.04. The zero-order chi connectivity index (χ0) is 15.3. The van der Waals surface area contributed by atoms with Gasteiger partial charge in [-0.2, -0.15) is 0 Å². The lowest BCUT2D eigenvalue weighted by atomic mass is 10.1. The summed E-state index contributed by atoms with van der Waals surface area (Å²) >= 11 is 5.54. The largest absolute Gasteiger partial charge is 0.312 e. The summed E-state index contributed by atoms with van der Waals surface area (Å²) in [7, 11) is 0. The average Bonchev–Trinajstić information content (AvgIpc) is 3.07. The maximum Gasteiger partial charge on any atom is 0.227 e. The van der Waals surface area contributed by atoms with Gasteiger partial charge in [-0.3, -0.25) is 9.59 Å². The number of hydrogen-bond acceptors (Lipinski definition) is 2. The van der Waals surface area contributed by atoms with Crippen molar-refractivity contribution in [2.24, 2.45) is 5.92 Å². The molecule has 1 aliphatic heterocycles.